The lowest BCUT2D eigenvalue weighted by Crippen LogP contribution is -2.32. The number of esters is 1. The van der Waals surface area contributed by atoms with Gasteiger partial charge in [-0.25, -0.2) is 10.3 Å². The maximum atomic E-state index is 11.4. The second-order valence-corrected chi connectivity index (χ2v) is 4.09. The Labute approximate surface area is 118 Å². The van der Waals surface area contributed by atoms with Crippen molar-refractivity contribution in [2.45, 2.75) is 32.1 Å². The molecule has 0 radical (unpaired) electrons. The fourth-order valence-corrected chi connectivity index (χ4v) is 1.43. The first-order chi connectivity index (χ1) is 9.93. The summed E-state index contributed by atoms with van der Waals surface area (Å²) < 4.78 is 4.46. The molecule has 0 spiro atoms. The van der Waals surface area contributed by atoms with Crippen LogP contribution in [0.4, 0.5) is 0 Å². The standard InChI is InChI=1S/C11H14N2O8/c14-7(12-19)6-20-10(17)2-1-3-11(18)21-13-8(15)4-5-9(13)16/h19H,1-6H2,(H,12,14). The van der Waals surface area contributed by atoms with Crippen molar-refractivity contribution in [3.63, 3.8) is 0 Å². The van der Waals surface area contributed by atoms with E-state index in [0.29, 0.717) is 5.06 Å². The van der Waals surface area contributed by atoms with E-state index >= 15 is 0 Å². The van der Waals surface area contributed by atoms with Crippen molar-refractivity contribution in [3.05, 3.63) is 0 Å². The van der Waals surface area contributed by atoms with Gasteiger partial charge in [0.2, 0.25) is 0 Å². The van der Waals surface area contributed by atoms with Crippen LogP contribution in [0.2, 0.25) is 0 Å². The monoisotopic (exact) mass is 302 g/mol. The summed E-state index contributed by atoms with van der Waals surface area (Å²) in [4.78, 5) is 60.0. The zero-order chi connectivity index (χ0) is 15.8. The number of carbonyl (C=O) groups is 5. The van der Waals surface area contributed by atoms with E-state index in [1.165, 1.54) is 5.48 Å². The summed E-state index contributed by atoms with van der Waals surface area (Å²) in [6, 6.07) is 0. The molecular weight excluding hydrogens is 288 g/mol. The van der Waals surface area contributed by atoms with Crippen LogP contribution in [0.1, 0.15) is 32.1 Å². The lowest BCUT2D eigenvalue weighted by molar-refractivity contribution is -0.197. The quantitative estimate of drug-likeness (QED) is 0.259. The third-order valence-electron chi connectivity index (χ3n) is 2.45. The number of hydrogen-bond donors (Lipinski definition) is 2. The molecule has 0 aliphatic carbocycles. The van der Waals surface area contributed by atoms with Crippen LogP contribution < -0.4 is 5.48 Å². The fourth-order valence-electron chi connectivity index (χ4n) is 1.43. The van der Waals surface area contributed by atoms with E-state index in [0.717, 1.165) is 0 Å². The summed E-state index contributed by atoms with van der Waals surface area (Å²) in [5.74, 6) is -3.60. The molecule has 21 heavy (non-hydrogen) atoms. The number of amides is 3. The number of nitrogens with one attached hydrogen (secondary N) is 1. The van der Waals surface area contributed by atoms with Gasteiger partial charge in [-0.2, -0.15) is 0 Å². The largest absolute Gasteiger partial charge is 0.455 e. The van der Waals surface area contributed by atoms with Gasteiger partial charge in [-0.1, -0.05) is 0 Å². The molecule has 0 aromatic rings. The molecule has 10 nitrogen and oxygen atoms in total. The summed E-state index contributed by atoms with van der Waals surface area (Å²) in [5, 5.41) is 8.59. The Kier molecular flexibility index (Phi) is 6.27. The summed E-state index contributed by atoms with van der Waals surface area (Å²) in [5.41, 5.74) is 1.28. The van der Waals surface area contributed by atoms with Gasteiger partial charge in [0, 0.05) is 25.7 Å². The highest BCUT2D eigenvalue weighted by Gasteiger charge is 2.32. The van der Waals surface area contributed by atoms with Crippen LogP contribution in [0.15, 0.2) is 0 Å². The van der Waals surface area contributed by atoms with Crippen molar-refractivity contribution in [3.8, 4) is 0 Å². The van der Waals surface area contributed by atoms with Crippen molar-refractivity contribution >= 4 is 29.7 Å². The summed E-state index contributed by atoms with van der Waals surface area (Å²) in [7, 11) is 0. The maximum absolute atomic E-state index is 11.4. The first kappa shape index (κ1) is 16.6. The minimum Gasteiger partial charge on any atom is -0.455 e. The number of carbonyl (C=O) groups excluding carboxylic acids is 5. The third-order valence-corrected chi connectivity index (χ3v) is 2.45. The van der Waals surface area contributed by atoms with Gasteiger partial charge in [0.15, 0.2) is 6.61 Å². The third kappa shape index (κ3) is 5.57. The van der Waals surface area contributed by atoms with Gasteiger partial charge in [-0.3, -0.25) is 24.4 Å². The lowest BCUT2D eigenvalue weighted by Gasteiger charge is -2.12. The number of rotatable bonds is 7. The smallest absolute Gasteiger partial charge is 0.333 e. The van der Waals surface area contributed by atoms with Crippen molar-refractivity contribution in [1.82, 2.24) is 10.5 Å². The molecule has 0 aromatic carbocycles. The fraction of sp³-hybridized carbons (Fsp3) is 0.545. The molecule has 3 amide bonds. The molecule has 1 aliphatic heterocycles. The second-order valence-electron chi connectivity index (χ2n) is 4.09. The molecule has 1 saturated heterocycles. The molecular formula is C11H14N2O8. The van der Waals surface area contributed by atoms with E-state index in [4.69, 9.17) is 5.21 Å². The van der Waals surface area contributed by atoms with Gasteiger partial charge in [-0.05, 0) is 6.42 Å². The Hall–Kier alpha value is -2.49. The minimum atomic E-state index is -0.881. The van der Waals surface area contributed by atoms with Crippen LogP contribution in [0.5, 0.6) is 0 Å². The van der Waals surface area contributed by atoms with E-state index in [-0.39, 0.29) is 32.1 Å². The van der Waals surface area contributed by atoms with Crippen molar-refractivity contribution in [2.75, 3.05) is 6.61 Å². The van der Waals surface area contributed by atoms with E-state index < -0.39 is 36.3 Å². The Morgan fingerprint density at radius 2 is 1.67 bits per heavy atom. The molecule has 1 heterocycles. The first-order valence-electron chi connectivity index (χ1n) is 6.09. The molecule has 0 saturated carbocycles. The zero-order valence-electron chi connectivity index (χ0n) is 11.0. The molecule has 116 valence electrons. The molecule has 10 heteroatoms. The van der Waals surface area contributed by atoms with Crippen LogP contribution in [0, 0.1) is 0 Å². The van der Waals surface area contributed by atoms with Gasteiger partial charge < -0.3 is 9.57 Å². The molecule has 0 bridgehead atoms. The summed E-state index contributed by atoms with van der Waals surface area (Å²) in [6.07, 6.45) is -0.278. The van der Waals surface area contributed by atoms with Gasteiger partial charge in [0.05, 0.1) is 0 Å². The van der Waals surface area contributed by atoms with Crippen LogP contribution in [0.25, 0.3) is 0 Å². The van der Waals surface area contributed by atoms with Crippen LogP contribution >= 0.6 is 0 Å². The minimum absolute atomic E-state index is 0.00532. The van der Waals surface area contributed by atoms with Crippen molar-refractivity contribution in [2.24, 2.45) is 0 Å². The van der Waals surface area contributed by atoms with E-state index in [9.17, 15) is 24.0 Å². The van der Waals surface area contributed by atoms with E-state index in [2.05, 4.69) is 9.57 Å². The molecule has 1 aliphatic rings. The number of hydrogen-bond acceptors (Lipinski definition) is 8. The van der Waals surface area contributed by atoms with E-state index in [1.54, 1.807) is 0 Å². The Bertz CT molecular complexity index is 445. The van der Waals surface area contributed by atoms with Gasteiger partial charge in [-0.15, -0.1) is 5.06 Å². The Morgan fingerprint density at radius 1 is 1.10 bits per heavy atom. The van der Waals surface area contributed by atoms with Crippen LogP contribution in [0.3, 0.4) is 0 Å². The Morgan fingerprint density at radius 3 is 2.24 bits per heavy atom. The molecule has 0 unspecified atom stereocenters. The van der Waals surface area contributed by atoms with Gasteiger partial charge >= 0.3 is 11.9 Å². The number of imide groups is 1. The maximum Gasteiger partial charge on any atom is 0.333 e. The van der Waals surface area contributed by atoms with Crippen LogP contribution in [-0.4, -0.2) is 46.5 Å². The predicted molar refractivity (Wildman–Crippen MR) is 61.9 cm³/mol. The number of nitrogens with zero attached hydrogens (tertiary/aromatic N) is 1. The molecule has 0 aromatic heterocycles. The predicted octanol–water partition coefficient (Wildman–Crippen LogP) is -1.19. The number of hydroxylamine groups is 3. The number of ether oxygens (including phenoxy) is 1. The highest BCUT2D eigenvalue weighted by molar-refractivity contribution is 6.01. The van der Waals surface area contributed by atoms with Crippen molar-refractivity contribution < 1.29 is 38.8 Å². The molecule has 1 fully saturated rings. The van der Waals surface area contributed by atoms with Gasteiger partial charge in [0.25, 0.3) is 17.7 Å². The summed E-state index contributed by atoms with van der Waals surface area (Å²) in [6.45, 7) is -0.628. The van der Waals surface area contributed by atoms with Gasteiger partial charge in [0.1, 0.15) is 0 Å². The average molecular weight is 302 g/mol. The lowest BCUT2D eigenvalue weighted by atomic mass is 10.2. The normalized spacial score (nSPS) is 14.0. The second kappa shape index (κ2) is 7.94. The topological polar surface area (TPSA) is 139 Å². The highest BCUT2D eigenvalue weighted by atomic mass is 16.7. The van der Waals surface area contributed by atoms with E-state index in [1.807, 2.05) is 0 Å². The molecule has 0 atom stereocenters. The van der Waals surface area contributed by atoms with Crippen molar-refractivity contribution in [1.29, 1.82) is 0 Å². The average Bonchev–Trinajstić information content (AvgIpc) is 2.76. The molecule has 2 N–H and O–H groups in total. The highest BCUT2D eigenvalue weighted by Crippen LogP contribution is 2.13. The summed E-state index contributed by atoms with van der Waals surface area (Å²) >= 11 is 0. The zero-order valence-corrected chi connectivity index (χ0v) is 11.0. The Balaban J connectivity index is 2.18. The SMILES string of the molecule is O=C(COC(=O)CCCC(=O)ON1C(=O)CCC1=O)NO. The molecule has 1 rings (SSSR count). The first-order valence-corrected chi connectivity index (χ1v) is 6.09. The van der Waals surface area contributed by atoms with Crippen LogP contribution in [-0.2, 0) is 33.5 Å².